The number of phenols is 1. The molecule has 2 rings (SSSR count). The molecule has 2 N–H and O–H groups in total. The van der Waals surface area contributed by atoms with Crippen LogP contribution in [0.15, 0.2) is 58.1 Å². The molecule has 0 fully saturated rings. The Kier molecular flexibility index (Phi) is 5.34. The van der Waals surface area contributed by atoms with E-state index in [4.69, 9.17) is 4.74 Å². The second-order valence-corrected chi connectivity index (χ2v) is 5.01. The van der Waals surface area contributed by atoms with Gasteiger partial charge in [0.05, 0.1) is 6.21 Å². The van der Waals surface area contributed by atoms with Gasteiger partial charge in [-0.2, -0.15) is 5.10 Å². The van der Waals surface area contributed by atoms with Gasteiger partial charge < -0.3 is 9.84 Å². The molecule has 0 aliphatic heterocycles. The van der Waals surface area contributed by atoms with Crippen LogP contribution in [0.4, 0.5) is 0 Å². The van der Waals surface area contributed by atoms with Crippen LogP contribution >= 0.6 is 15.9 Å². The van der Waals surface area contributed by atoms with Crippen LogP contribution in [-0.4, -0.2) is 23.8 Å². The summed E-state index contributed by atoms with van der Waals surface area (Å²) in [7, 11) is 0. The smallest absolute Gasteiger partial charge is 0.277 e. The second kappa shape index (κ2) is 7.44. The molecule has 0 aromatic heterocycles. The summed E-state index contributed by atoms with van der Waals surface area (Å²) in [4.78, 5) is 11.5. The minimum atomic E-state index is -0.385. The van der Waals surface area contributed by atoms with Crippen LogP contribution in [0.3, 0.4) is 0 Å². The molecule has 0 unspecified atom stereocenters. The Morgan fingerprint density at radius 1 is 1.29 bits per heavy atom. The SMILES string of the molecule is O=C(COc1ccccc1)N/N=C/c1cc(Br)ccc1O. The van der Waals surface area contributed by atoms with Gasteiger partial charge in [-0.05, 0) is 30.3 Å². The fraction of sp³-hybridized carbons (Fsp3) is 0.0667. The largest absolute Gasteiger partial charge is 0.507 e. The summed E-state index contributed by atoms with van der Waals surface area (Å²) >= 11 is 3.29. The minimum Gasteiger partial charge on any atom is -0.507 e. The Morgan fingerprint density at radius 3 is 2.81 bits per heavy atom. The van der Waals surface area contributed by atoms with Crippen LogP contribution in [0.5, 0.6) is 11.5 Å². The molecule has 0 radical (unpaired) electrons. The van der Waals surface area contributed by atoms with E-state index in [-0.39, 0.29) is 18.3 Å². The van der Waals surface area contributed by atoms with E-state index in [9.17, 15) is 9.90 Å². The zero-order valence-corrected chi connectivity index (χ0v) is 12.6. The minimum absolute atomic E-state index is 0.0803. The molecule has 5 nitrogen and oxygen atoms in total. The van der Waals surface area contributed by atoms with Gasteiger partial charge in [-0.25, -0.2) is 5.43 Å². The third kappa shape index (κ3) is 4.92. The third-order valence-electron chi connectivity index (χ3n) is 2.50. The number of amides is 1. The molecule has 0 saturated carbocycles. The van der Waals surface area contributed by atoms with Gasteiger partial charge in [-0.3, -0.25) is 4.79 Å². The number of ether oxygens (including phenoxy) is 1. The number of carbonyl (C=O) groups is 1. The van der Waals surface area contributed by atoms with Crippen molar-refractivity contribution in [1.29, 1.82) is 0 Å². The van der Waals surface area contributed by atoms with Crippen LogP contribution in [0.2, 0.25) is 0 Å². The normalized spacial score (nSPS) is 10.5. The lowest BCUT2D eigenvalue weighted by atomic mass is 10.2. The van der Waals surface area contributed by atoms with Crippen molar-refractivity contribution < 1.29 is 14.6 Å². The van der Waals surface area contributed by atoms with E-state index >= 15 is 0 Å². The van der Waals surface area contributed by atoms with E-state index in [1.165, 1.54) is 12.3 Å². The second-order valence-electron chi connectivity index (χ2n) is 4.10. The van der Waals surface area contributed by atoms with E-state index in [1.807, 2.05) is 18.2 Å². The first-order valence-corrected chi connectivity index (χ1v) is 6.93. The predicted molar refractivity (Wildman–Crippen MR) is 83.5 cm³/mol. The number of rotatable bonds is 5. The first kappa shape index (κ1) is 15.1. The molecule has 6 heteroatoms. The molecule has 0 saturated heterocycles. The highest BCUT2D eigenvalue weighted by Gasteiger charge is 2.02. The highest BCUT2D eigenvalue weighted by Crippen LogP contribution is 2.19. The number of nitrogens with one attached hydrogen (secondary N) is 1. The first-order chi connectivity index (χ1) is 10.1. The number of hydrazone groups is 1. The van der Waals surface area contributed by atoms with Gasteiger partial charge in [-0.15, -0.1) is 0 Å². The van der Waals surface area contributed by atoms with Gasteiger partial charge in [0.15, 0.2) is 6.61 Å². The van der Waals surface area contributed by atoms with Crippen LogP contribution < -0.4 is 10.2 Å². The quantitative estimate of drug-likeness (QED) is 0.644. The topological polar surface area (TPSA) is 70.9 Å². The van der Waals surface area contributed by atoms with Crippen molar-refractivity contribution in [1.82, 2.24) is 5.43 Å². The number of hydrogen-bond donors (Lipinski definition) is 2. The van der Waals surface area contributed by atoms with Crippen LogP contribution in [0.1, 0.15) is 5.56 Å². The summed E-state index contributed by atoms with van der Waals surface area (Å²) in [6, 6.07) is 14.0. The number of halogens is 1. The summed E-state index contributed by atoms with van der Waals surface area (Å²) in [6.45, 7) is -0.133. The summed E-state index contributed by atoms with van der Waals surface area (Å²) < 4.78 is 6.08. The molecule has 108 valence electrons. The monoisotopic (exact) mass is 348 g/mol. The fourth-order valence-corrected chi connectivity index (χ4v) is 1.88. The van der Waals surface area contributed by atoms with E-state index in [2.05, 4.69) is 26.5 Å². The Labute approximate surface area is 130 Å². The average Bonchev–Trinajstić information content (AvgIpc) is 2.50. The van der Waals surface area contributed by atoms with Crippen molar-refractivity contribution in [3.8, 4) is 11.5 Å². The van der Waals surface area contributed by atoms with Gasteiger partial charge in [0.25, 0.3) is 5.91 Å². The van der Waals surface area contributed by atoms with E-state index < -0.39 is 0 Å². The maximum absolute atomic E-state index is 11.5. The molecule has 0 bridgehead atoms. The number of carbonyl (C=O) groups excluding carboxylic acids is 1. The van der Waals surface area contributed by atoms with Gasteiger partial charge in [0.2, 0.25) is 0 Å². The van der Waals surface area contributed by atoms with E-state index in [0.29, 0.717) is 11.3 Å². The Bertz CT molecular complexity index is 645. The Morgan fingerprint density at radius 2 is 2.05 bits per heavy atom. The maximum atomic E-state index is 11.5. The van der Waals surface area contributed by atoms with E-state index in [0.717, 1.165) is 4.47 Å². The van der Waals surface area contributed by atoms with Crippen molar-refractivity contribution in [2.75, 3.05) is 6.61 Å². The molecule has 0 aliphatic carbocycles. The molecule has 0 heterocycles. The molecule has 0 atom stereocenters. The fourth-order valence-electron chi connectivity index (χ4n) is 1.50. The number of aromatic hydroxyl groups is 1. The summed E-state index contributed by atoms with van der Waals surface area (Å²) in [5.74, 6) is 0.308. The van der Waals surface area contributed by atoms with Crippen LogP contribution in [-0.2, 0) is 4.79 Å². The highest BCUT2D eigenvalue weighted by atomic mass is 79.9. The zero-order valence-electron chi connectivity index (χ0n) is 11.0. The molecular formula is C15H13BrN2O3. The van der Waals surface area contributed by atoms with Gasteiger partial charge in [0.1, 0.15) is 11.5 Å². The lowest BCUT2D eigenvalue weighted by Crippen LogP contribution is -2.24. The van der Waals surface area contributed by atoms with Crippen molar-refractivity contribution in [3.05, 3.63) is 58.6 Å². The van der Waals surface area contributed by atoms with Crippen LogP contribution in [0.25, 0.3) is 0 Å². The molecule has 0 aliphatic rings. The van der Waals surface area contributed by atoms with Crippen molar-refractivity contribution in [2.24, 2.45) is 5.10 Å². The highest BCUT2D eigenvalue weighted by molar-refractivity contribution is 9.10. The standard InChI is InChI=1S/C15H13BrN2O3/c16-12-6-7-14(19)11(8-12)9-17-18-15(20)10-21-13-4-2-1-3-5-13/h1-9,19H,10H2,(H,18,20)/b17-9+. The molecule has 2 aromatic rings. The van der Waals surface area contributed by atoms with Crippen molar-refractivity contribution in [3.63, 3.8) is 0 Å². The molecular weight excluding hydrogens is 336 g/mol. The lowest BCUT2D eigenvalue weighted by Gasteiger charge is -2.04. The summed E-state index contributed by atoms with van der Waals surface area (Å²) in [5.41, 5.74) is 2.82. The van der Waals surface area contributed by atoms with Crippen molar-refractivity contribution in [2.45, 2.75) is 0 Å². The van der Waals surface area contributed by atoms with Crippen molar-refractivity contribution >= 4 is 28.1 Å². The molecule has 21 heavy (non-hydrogen) atoms. The zero-order chi connectivity index (χ0) is 15.1. The average molecular weight is 349 g/mol. The number of benzene rings is 2. The Hall–Kier alpha value is -2.34. The number of hydrogen-bond acceptors (Lipinski definition) is 4. The van der Waals surface area contributed by atoms with E-state index in [1.54, 1.807) is 24.3 Å². The molecule has 1 amide bonds. The summed E-state index contributed by atoms with van der Waals surface area (Å²) in [5, 5.41) is 13.4. The summed E-state index contributed by atoms with van der Waals surface area (Å²) in [6.07, 6.45) is 1.36. The van der Waals surface area contributed by atoms with Gasteiger partial charge in [0, 0.05) is 10.0 Å². The van der Waals surface area contributed by atoms with Crippen LogP contribution in [0, 0.1) is 0 Å². The number of nitrogens with zero attached hydrogens (tertiary/aromatic N) is 1. The Balaban J connectivity index is 1.83. The third-order valence-corrected chi connectivity index (χ3v) is 2.99. The molecule has 2 aromatic carbocycles. The lowest BCUT2D eigenvalue weighted by molar-refractivity contribution is -0.123. The van der Waals surface area contributed by atoms with Gasteiger partial charge in [-0.1, -0.05) is 34.1 Å². The first-order valence-electron chi connectivity index (χ1n) is 6.13. The predicted octanol–water partition coefficient (Wildman–Crippen LogP) is 2.68. The molecule has 0 spiro atoms. The number of phenolic OH excluding ortho intramolecular Hbond substituents is 1. The maximum Gasteiger partial charge on any atom is 0.277 e. The van der Waals surface area contributed by atoms with Gasteiger partial charge >= 0.3 is 0 Å². The number of para-hydroxylation sites is 1.